The number of fused-ring (bicyclic) bond motifs is 1. The Labute approximate surface area is 213 Å². The third-order valence-corrected chi connectivity index (χ3v) is 7.28. The van der Waals surface area contributed by atoms with Crippen molar-refractivity contribution in [1.29, 1.82) is 0 Å². The summed E-state index contributed by atoms with van der Waals surface area (Å²) in [5, 5.41) is 0.465. The highest BCUT2D eigenvalue weighted by Gasteiger charge is 2.24. The minimum Gasteiger partial charge on any atom is -0.345 e. The Bertz CT molecular complexity index is 1540. The van der Waals surface area contributed by atoms with Gasteiger partial charge in [0.1, 0.15) is 11.5 Å². The van der Waals surface area contributed by atoms with Gasteiger partial charge >= 0.3 is 10.2 Å². The SMILES string of the molecule is CC(C)c1ncc(-c2cnc3[nH]cc(C(=O)c4cccc(NS(=O)(=O)N(C)CCCF)c4F)c3c2)cn1. The van der Waals surface area contributed by atoms with E-state index in [1.807, 2.05) is 13.8 Å². The van der Waals surface area contributed by atoms with Crippen LogP contribution in [-0.2, 0) is 10.2 Å². The van der Waals surface area contributed by atoms with Crippen molar-refractivity contribution < 1.29 is 22.0 Å². The largest absolute Gasteiger partial charge is 0.345 e. The van der Waals surface area contributed by atoms with Gasteiger partial charge in [-0.1, -0.05) is 19.9 Å². The second-order valence-corrected chi connectivity index (χ2v) is 10.6. The van der Waals surface area contributed by atoms with E-state index in [9.17, 15) is 17.6 Å². The van der Waals surface area contributed by atoms with Crippen LogP contribution in [0, 0.1) is 5.82 Å². The van der Waals surface area contributed by atoms with Crippen LogP contribution in [-0.4, -0.2) is 58.7 Å². The Morgan fingerprint density at radius 2 is 1.81 bits per heavy atom. The van der Waals surface area contributed by atoms with Crippen molar-refractivity contribution in [3.05, 3.63) is 71.8 Å². The number of ketones is 1. The zero-order valence-corrected chi connectivity index (χ0v) is 21.3. The third kappa shape index (κ3) is 5.49. The number of carbonyl (C=O) groups is 1. The van der Waals surface area contributed by atoms with Gasteiger partial charge in [0.15, 0.2) is 11.6 Å². The molecule has 0 unspecified atom stereocenters. The molecule has 0 bridgehead atoms. The zero-order chi connectivity index (χ0) is 26.7. The molecule has 3 aromatic heterocycles. The maximum absolute atomic E-state index is 15.3. The molecule has 3 heterocycles. The average molecular weight is 529 g/mol. The summed E-state index contributed by atoms with van der Waals surface area (Å²) in [7, 11) is -2.89. The van der Waals surface area contributed by atoms with Crippen LogP contribution in [0.2, 0.25) is 0 Å². The zero-order valence-electron chi connectivity index (χ0n) is 20.5. The Morgan fingerprint density at radius 3 is 2.49 bits per heavy atom. The summed E-state index contributed by atoms with van der Waals surface area (Å²) in [6.45, 7) is 3.21. The predicted octanol–water partition coefficient (Wildman–Crippen LogP) is 4.46. The molecular formula is C25H26F2N6O3S. The number of alkyl halides is 1. The number of hydrogen-bond donors (Lipinski definition) is 2. The number of hydrogen-bond acceptors (Lipinski definition) is 6. The summed E-state index contributed by atoms with van der Waals surface area (Å²) in [6, 6.07) is 5.60. The van der Waals surface area contributed by atoms with Crippen LogP contribution in [0.3, 0.4) is 0 Å². The Morgan fingerprint density at radius 1 is 1.11 bits per heavy atom. The van der Waals surface area contributed by atoms with Gasteiger partial charge in [0, 0.05) is 66.4 Å². The molecule has 194 valence electrons. The van der Waals surface area contributed by atoms with E-state index in [-0.39, 0.29) is 35.7 Å². The number of aromatic amines is 1. The predicted molar refractivity (Wildman–Crippen MR) is 137 cm³/mol. The standard InChI is InChI=1S/C25H26F2N6O3S/c1-15(2)24-28-12-17(13-29-24)16-10-19-20(14-31-25(19)30-11-16)23(34)18-6-4-7-21(22(18)27)32-37(35,36)33(3)9-5-8-26/h4,6-7,10-15,32H,5,8-9H2,1-3H3,(H,30,31). The number of halogens is 2. The molecule has 4 aromatic rings. The van der Waals surface area contributed by atoms with Gasteiger partial charge in [-0.3, -0.25) is 13.9 Å². The van der Waals surface area contributed by atoms with Crippen molar-refractivity contribution in [2.75, 3.05) is 25.0 Å². The molecule has 0 saturated carbocycles. The van der Waals surface area contributed by atoms with Crippen LogP contribution >= 0.6 is 0 Å². The number of nitrogens with one attached hydrogen (secondary N) is 2. The molecule has 0 aliphatic heterocycles. The Hall–Kier alpha value is -3.77. The van der Waals surface area contributed by atoms with Crippen molar-refractivity contribution in [1.82, 2.24) is 24.2 Å². The summed E-state index contributed by atoms with van der Waals surface area (Å²) < 4.78 is 55.8. The van der Waals surface area contributed by atoms with Gasteiger partial charge in [0.25, 0.3) is 0 Å². The molecule has 2 N–H and O–H groups in total. The maximum Gasteiger partial charge on any atom is 0.301 e. The number of nitrogens with zero attached hydrogens (tertiary/aromatic N) is 4. The van der Waals surface area contributed by atoms with Gasteiger partial charge in [0.2, 0.25) is 0 Å². The van der Waals surface area contributed by atoms with E-state index in [2.05, 4.69) is 24.7 Å². The highest BCUT2D eigenvalue weighted by molar-refractivity contribution is 7.90. The van der Waals surface area contributed by atoms with Crippen molar-refractivity contribution in [3.8, 4) is 11.1 Å². The van der Waals surface area contributed by atoms with Crippen LogP contribution in [0.4, 0.5) is 14.5 Å². The molecule has 12 heteroatoms. The molecule has 0 fully saturated rings. The quantitative estimate of drug-likeness (QED) is 0.293. The van der Waals surface area contributed by atoms with Crippen LogP contribution in [0.5, 0.6) is 0 Å². The first-order chi connectivity index (χ1) is 17.6. The van der Waals surface area contributed by atoms with Gasteiger partial charge in [-0.15, -0.1) is 0 Å². The molecule has 37 heavy (non-hydrogen) atoms. The fraction of sp³-hybridized carbons (Fsp3) is 0.280. The summed E-state index contributed by atoms with van der Waals surface area (Å²) in [6.07, 6.45) is 6.42. The van der Waals surface area contributed by atoms with Crippen LogP contribution in [0.15, 0.2) is 49.1 Å². The van der Waals surface area contributed by atoms with Gasteiger partial charge in [-0.25, -0.2) is 19.3 Å². The fourth-order valence-electron chi connectivity index (χ4n) is 3.69. The monoisotopic (exact) mass is 528 g/mol. The molecule has 4 rings (SSSR count). The summed E-state index contributed by atoms with van der Waals surface area (Å²) in [4.78, 5) is 29.4. The van der Waals surface area contributed by atoms with Gasteiger partial charge < -0.3 is 4.98 Å². The lowest BCUT2D eigenvalue weighted by atomic mass is 10.0. The molecule has 0 aliphatic carbocycles. The topological polar surface area (TPSA) is 121 Å². The third-order valence-electron chi connectivity index (χ3n) is 5.80. The van der Waals surface area contributed by atoms with Crippen LogP contribution in [0.1, 0.15) is 47.9 Å². The Balaban J connectivity index is 1.66. The second-order valence-electron chi connectivity index (χ2n) is 8.77. The summed E-state index contributed by atoms with van der Waals surface area (Å²) >= 11 is 0. The van der Waals surface area contributed by atoms with Gasteiger partial charge in [-0.05, 0) is 24.6 Å². The lowest BCUT2D eigenvalue weighted by Crippen LogP contribution is -2.33. The van der Waals surface area contributed by atoms with E-state index in [4.69, 9.17) is 0 Å². The molecule has 9 nitrogen and oxygen atoms in total. The van der Waals surface area contributed by atoms with E-state index < -0.39 is 28.5 Å². The number of aromatic nitrogens is 4. The van der Waals surface area contributed by atoms with Crippen molar-refractivity contribution in [2.45, 2.75) is 26.2 Å². The maximum atomic E-state index is 15.3. The minimum absolute atomic E-state index is 0.00298. The number of pyridine rings is 1. The number of rotatable bonds is 10. The molecular weight excluding hydrogens is 502 g/mol. The normalized spacial score (nSPS) is 12.0. The minimum atomic E-state index is -4.15. The fourth-order valence-corrected chi connectivity index (χ4v) is 4.65. The lowest BCUT2D eigenvalue weighted by Gasteiger charge is -2.18. The van der Waals surface area contributed by atoms with Crippen molar-refractivity contribution in [3.63, 3.8) is 0 Å². The number of carbonyl (C=O) groups excluding carboxylic acids is 1. The highest BCUT2D eigenvalue weighted by atomic mass is 32.2. The average Bonchev–Trinajstić information content (AvgIpc) is 3.31. The molecule has 0 atom stereocenters. The van der Waals surface area contributed by atoms with Crippen molar-refractivity contribution >= 4 is 32.7 Å². The highest BCUT2D eigenvalue weighted by Crippen LogP contribution is 2.28. The van der Waals surface area contributed by atoms with Crippen molar-refractivity contribution in [2.24, 2.45) is 0 Å². The smallest absolute Gasteiger partial charge is 0.301 e. The van der Waals surface area contributed by atoms with Crippen LogP contribution in [0.25, 0.3) is 22.2 Å². The first-order valence-corrected chi connectivity index (χ1v) is 13.0. The first-order valence-electron chi connectivity index (χ1n) is 11.5. The first kappa shape index (κ1) is 26.3. The van der Waals surface area contributed by atoms with E-state index in [1.54, 1.807) is 24.7 Å². The second kappa shape index (κ2) is 10.7. The van der Waals surface area contributed by atoms with Gasteiger partial charge in [-0.2, -0.15) is 12.7 Å². The lowest BCUT2D eigenvalue weighted by molar-refractivity contribution is 0.103. The Kier molecular flexibility index (Phi) is 7.60. The van der Waals surface area contributed by atoms with Crippen LogP contribution < -0.4 is 4.72 Å². The molecule has 0 aliphatic rings. The molecule has 0 spiro atoms. The number of anilines is 1. The summed E-state index contributed by atoms with van der Waals surface area (Å²) in [5.41, 5.74) is 1.27. The van der Waals surface area contributed by atoms with E-state index in [0.717, 1.165) is 4.31 Å². The molecule has 1 aromatic carbocycles. The van der Waals surface area contributed by atoms with Gasteiger partial charge in [0.05, 0.1) is 17.9 Å². The van der Waals surface area contributed by atoms with E-state index in [0.29, 0.717) is 28.0 Å². The van der Waals surface area contributed by atoms with E-state index >= 15 is 4.39 Å². The van der Waals surface area contributed by atoms with E-state index in [1.165, 1.54) is 31.4 Å². The summed E-state index contributed by atoms with van der Waals surface area (Å²) in [5.74, 6) is -0.795. The molecule has 0 radical (unpaired) electrons. The number of H-pyrrole nitrogens is 1. The number of benzene rings is 1. The molecule has 0 saturated heterocycles. The molecule has 0 amide bonds.